The summed E-state index contributed by atoms with van der Waals surface area (Å²) in [5.74, 6) is -0.201. The zero-order valence-electron chi connectivity index (χ0n) is 8.28. The first kappa shape index (κ1) is 10.4. The number of allylic oxidation sites excluding steroid dienone is 2. The molecule has 72 valence electrons. The smallest absolute Gasteiger partial charge is 0.186 e. The van der Waals surface area contributed by atoms with Gasteiger partial charge in [0.1, 0.15) is 0 Å². The quantitative estimate of drug-likeness (QED) is 0.539. The fraction of sp³-hybridized carbons (Fsp3) is 0.167. The van der Waals surface area contributed by atoms with E-state index in [0.29, 0.717) is 11.1 Å². The van der Waals surface area contributed by atoms with Crippen LogP contribution in [-0.2, 0) is 4.79 Å². The molecule has 0 aliphatic carbocycles. The number of rotatable bonds is 3. The molecule has 0 heterocycles. The average molecular weight is 188 g/mol. The molecule has 0 atom stereocenters. The van der Waals surface area contributed by atoms with Crippen LogP contribution in [0.4, 0.5) is 0 Å². The van der Waals surface area contributed by atoms with Crippen LogP contribution in [0, 0.1) is 0 Å². The molecule has 0 aromatic heterocycles. The Morgan fingerprint density at radius 2 is 1.64 bits per heavy atom. The molecule has 14 heavy (non-hydrogen) atoms. The van der Waals surface area contributed by atoms with Crippen molar-refractivity contribution in [3.63, 3.8) is 0 Å². The summed E-state index contributed by atoms with van der Waals surface area (Å²) in [5, 5.41) is 0. The van der Waals surface area contributed by atoms with E-state index >= 15 is 0 Å². The fourth-order valence-corrected chi connectivity index (χ4v) is 0.984. The zero-order chi connectivity index (χ0) is 10.6. The van der Waals surface area contributed by atoms with Crippen molar-refractivity contribution in [1.82, 2.24) is 0 Å². The minimum atomic E-state index is -0.127. The third-order valence-electron chi connectivity index (χ3n) is 1.96. The van der Waals surface area contributed by atoms with Crippen molar-refractivity contribution in [3.8, 4) is 0 Å². The monoisotopic (exact) mass is 188 g/mol. The number of ketones is 2. The summed E-state index contributed by atoms with van der Waals surface area (Å²) in [6.45, 7) is 3.09. The van der Waals surface area contributed by atoms with Crippen LogP contribution >= 0.6 is 0 Å². The third-order valence-corrected chi connectivity index (χ3v) is 1.96. The summed E-state index contributed by atoms with van der Waals surface area (Å²) in [6, 6.07) is 8.89. The predicted molar refractivity (Wildman–Crippen MR) is 55.2 cm³/mol. The minimum Gasteiger partial charge on any atom is -0.295 e. The highest BCUT2D eigenvalue weighted by atomic mass is 16.1. The summed E-state index contributed by atoms with van der Waals surface area (Å²) in [4.78, 5) is 22.4. The summed E-state index contributed by atoms with van der Waals surface area (Å²) in [5.41, 5.74) is 1.09. The van der Waals surface area contributed by atoms with E-state index in [9.17, 15) is 9.59 Å². The SMILES string of the molecule is CC(=O)/C(C)=C\C(=O)c1ccccc1. The standard InChI is InChI=1S/C12H12O2/c1-9(10(2)13)8-12(14)11-6-4-3-5-7-11/h3-8H,1-2H3/b9-8-. The molecular weight excluding hydrogens is 176 g/mol. The van der Waals surface area contributed by atoms with Gasteiger partial charge in [-0.3, -0.25) is 9.59 Å². The van der Waals surface area contributed by atoms with Crippen LogP contribution in [0.2, 0.25) is 0 Å². The largest absolute Gasteiger partial charge is 0.295 e. The Kier molecular flexibility index (Phi) is 3.35. The lowest BCUT2D eigenvalue weighted by molar-refractivity contribution is -0.113. The molecule has 0 bridgehead atoms. The number of carbonyl (C=O) groups excluding carboxylic acids is 2. The normalized spacial score (nSPS) is 11.1. The molecule has 1 aromatic rings. The maximum atomic E-state index is 11.5. The second-order valence-corrected chi connectivity index (χ2v) is 3.11. The van der Waals surface area contributed by atoms with E-state index in [1.54, 1.807) is 31.2 Å². The van der Waals surface area contributed by atoms with Crippen molar-refractivity contribution >= 4 is 11.6 Å². The van der Waals surface area contributed by atoms with E-state index in [-0.39, 0.29) is 11.6 Å². The molecule has 0 fully saturated rings. The van der Waals surface area contributed by atoms with Gasteiger partial charge < -0.3 is 0 Å². The molecule has 0 saturated heterocycles. The molecule has 1 rings (SSSR count). The van der Waals surface area contributed by atoms with Crippen molar-refractivity contribution in [3.05, 3.63) is 47.5 Å². The molecule has 2 heteroatoms. The highest BCUT2D eigenvalue weighted by Crippen LogP contribution is 2.03. The van der Waals surface area contributed by atoms with Crippen molar-refractivity contribution < 1.29 is 9.59 Å². The van der Waals surface area contributed by atoms with Crippen LogP contribution in [0.15, 0.2) is 42.0 Å². The van der Waals surface area contributed by atoms with Gasteiger partial charge in [-0.15, -0.1) is 0 Å². The zero-order valence-corrected chi connectivity index (χ0v) is 8.28. The number of carbonyl (C=O) groups is 2. The molecule has 0 unspecified atom stereocenters. The van der Waals surface area contributed by atoms with E-state index in [2.05, 4.69) is 0 Å². The second kappa shape index (κ2) is 4.51. The highest BCUT2D eigenvalue weighted by Gasteiger charge is 2.03. The van der Waals surface area contributed by atoms with Crippen molar-refractivity contribution in [2.45, 2.75) is 13.8 Å². The summed E-state index contributed by atoms with van der Waals surface area (Å²) < 4.78 is 0. The molecule has 0 aliphatic heterocycles. The Morgan fingerprint density at radius 3 is 2.14 bits per heavy atom. The summed E-state index contributed by atoms with van der Waals surface area (Å²) in [6.07, 6.45) is 1.37. The molecule has 0 aliphatic rings. The Balaban J connectivity index is 2.88. The van der Waals surface area contributed by atoms with Crippen molar-refractivity contribution in [1.29, 1.82) is 0 Å². The molecular formula is C12H12O2. The first-order valence-corrected chi connectivity index (χ1v) is 4.40. The molecule has 0 saturated carbocycles. The Bertz CT molecular complexity index is 375. The highest BCUT2D eigenvalue weighted by molar-refractivity contribution is 6.09. The minimum absolute atomic E-state index is 0.0747. The van der Waals surface area contributed by atoms with Gasteiger partial charge in [0.05, 0.1) is 0 Å². The lowest BCUT2D eigenvalue weighted by atomic mass is 10.1. The predicted octanol–water partition coefficient (Wildman–Crippen LogP) is 2.40. The van der Waals surface area contributed by atoms with Crippen LogP contribution in [-0.4, -0.2) is 11.6 Å². The molecule has 1 aromatic carbocycles. The number of benzene rings is 1. The van der Waals surface area contributed by atoms with Gasteiger partial charge >= 0.3 is 0 Å². The van der Waals surface area contributed by atoms with Gasteiger partial charge in [-0.1, -0.05) is 30.3 Å². The first-order valence-electron chi connectivity index (χ1n) is 4.40. The van der Waals surface area contributed by atoms with Crippen molar-refractivity contribution in [2.24, 2.45) is 0 Å². The van der Waals surface area contributed by atoms with E-state index in [1.807, 2.05) is 6.07 Å². The van der Waals surface area contributed by atoms with Gasteiger partial charge in [0.2, 0.25) is 0 Å². The maximum absolute atomic E-state index is 11.5. The van der Waals surface area contributed by atoms with Crippen molar-refractivity contribution in [2.75, 3.05) is 0 Å². The molecule has 0 N–H and O–H groups in total. The number of hydrogen-bond acceptors (Lipinski definition) is 2. The van der Waals surface area contributed by atoms with Gasteiger partial charge in [-0.05, 0) is 25.5 Å². The van der Waals surface area contributed by atoms with E-state index < -0.39 is 0 Å². The van der Waals surface area contributed by atoms with E-state index in [0.717, 1.165) is 0 Å². The van der Waals surface area contributed by atoms with Gasteiger partial charge in [0.15, 0.2) is 11.6 Å². The number of Topliss-reactive ketones (excluding diaryl/α,β-unsaturated/α-hetero) is 1. The lowest BCUT2D eigenvalue weighted by Crippen LogP contribution is -1.99. The molecule has 0 spiro atoms. The Morgan fingerprint density at radius 1 is 1.07 bits per heavy atom. The third kappa shape index (κ3) is 2.66. The molecule has 0 radical (unpaired) electrons. The Hall–Kier alpha value is -1.70. The topological polar surface area (TPSA) is 34.1 Å². The molecule has 2 nitrogen and oxygen atoms in total. The van der Waals surface area contributed by atoms with Crippen LogP contribution < -0.4 is 0 Å². The summed E-state index contributed by atoms with van der Waals surface area (Å²) >= 11 is 0. The van der Waals surface area contributed by atoms with Crippen LogP contribution in [0.1, 0.15) is 24.2 Å². The number of hydrogen-bond donors (Lipinski definition) is 0. The maximum Gasteiger partial charge on any atom is 0.186 e. The van der Waals surface area contributed by atoms with E-state index in [1.165, 1.54) is 13.0 Å². The van der Waals surface area contributed by atoms with Gasteiger partial charge in [0, 0.05) is 5.56 Å². The van der Waals surface area contributed by atoms with Gasteiger partial charge in [0.25, 0.3) is 0 Å². The van der Waals surface area contributed by atoms with Crippen LogP contribution in [0.5, 0.6) is 0 Å². The van der Waals surface area contributed by atoms with Gasteiger partial charge in [-0.2, -0.15) is 0 Å². The summed E-state index contributed by atoms with van der Waals surface area (Å²) in [7, 11) is 0. The lowest BCUT2D eigenvalue weighted by Gasteiger charge is -1.96. The average Bonchev–Trinajstić information content (AvgIpc) is 2.19. The van der Waals surface area contributed by atoms with Crippen LogP contribution in [0.25, 0.3) is 0 Å². The molecule has 0 amide bonds. The Labute approximate surface area is 83.3 Å². The van der Waals surface area contributed by atoms with E-state index in [4.69, 9.17) is 0 Å². The first-order chi connectivity index (χ1) is 6.61. The fourth-order valence-electron chi connectivity index (χ4n) is 0.984. The van der Waals surface area contributed by atoms with Crippen LogP contribution in [0.3, 0.4) is 0 Å². The van der Waals surface area contributed by atoms with Gasteiger partial charge in [-0.25, -0.2) is 0 Å². The second-order valence-electron chi connectivity index (χ2n) is 3.11.